The number of hydrazine groups is 1. The van der Waals surface area contributed by atoms with Crippen molar-refractivity contribution < 1.29 is 24.6 Å². The van der Waals surface area contributed by atoms with Gasteiger partial charge in [0.1, 0.15) is 17.2 Å². The zero-order valence-corrected chi connectivity index (χ0v) is 19.9. The van der Waals surface area contributed by atoms with Crippen LogP contribution in [0.1, 0.15) is 0 Å². The van der Waals surface area contributed by atoms with Gasteiger partial charge >= 0.3 is 0 Å². The van der Waals surface area contributed by atoms with E-state index >= 15 is 0 Å². The highest BCUT2D eigenvalue weighted by atomic mass is 16.6. The monoisotopic (exact) mass is 496 g/mol. The van der Waals surface area contributed by atoms with Gasteiger partial charge in [-0.1, -0.05) is 0 Å². The second-order valence-corrected chi connectivity index (χ2v) is 7.43. The summed E-state index contributed by atoms with van der Waals surface area (Å²) in [5, 5.41) is 37.8. The molecule has 0 saturated carbocycles. The molecule has 3 aromatic carbocycles. The van der Waals surface area contributed by atoms with Crippen LogP contribution < -0.4 is 25.2 Å². The largest absolute Gasteiger partial charge is 0.494 e. The molecule has 0 atom stereocenters. The van der Waals surface area contributed by atoms with Crippen LogP contribution in [0.2, 0.25) is 0 Å². The number of rotatable bonds is 13. The number of aliphatic hydroxyl groups excluding tert-OH is 2. The fourth-order valence-electron chi connectivity index (χ4n) is 3.32. The Morgan fingerprint density at radius 3 is 2.08 bits per heavy atom. The van der Waals surface area contributed by atoms with E-state index < -0.39 is 4.92 Å². The Morgan fingerprint density at radius 2 is 1.53 bits per heavy atom. The highest BCUT2D eigenvalue weighted by Gasteiger charge is 2.12. The average molecular weight is 497 g/mol. The van der Waals surface area contributed by atoms with Crippen LogP contribution in [0.25, 0.3) is 0 Å². The molecular formula is C24H28N6O6. The van der Waals surface area contributed by atoms with Gasteiger partial charge in [-0.3, -0.25) is 15.5 Å². The maximum absolute atomic E-state index is 10.8. The number of aliphatic hydroxyl groups is 2. The van der Waals surface area contributed by atoms with Gasteiger partial charge in [-0.05, 0) is 36.4 Å². The van der Waals surface area contributed by atoms with Gasteiger partial charge in [-0.25, -0.2) is 0 Å². The van der Waals surface area contributed by atoms with Crippen LogP contribution in [0, 0.1) is 10.1 Å². The number of benzene rings is 3. The van der Waals surface area contributed by atoms with Gasteiger partial charge < -0.3 is 30.0 Å². The van der Waals surface area contributed by atoms with E-state index in [1.165, 1.54) is 26.4 Å². The molecule has 0 unspecified atom stereocenters. The van der Waals surface area contributed by atoms with Crippen molar-refractivity contribution >= 4 is 34.1 Å². The molecule has 0 aliphatic rings. The Bertz CT molecular complexity index is 1160. The predicted molar refractivity (Wildman–Crippen MR) is 137 cm³/mol. The second kappa shape index (κ2) is 12.9. The maximum Gasteiger partial charge on any atom is 0.269 e. The first-order chi connectivity index (χ1) is 17.5. The number of nitrogens with one attached hydrogen (secondary N) is 2. The molecule has 0 heterocycles. The summed E-state index contributed by atoms with van der Waals surface area (Å²) < 4.78 is 10.9. The van der Waals surface area contributed by atoms with E-state index in [9.17, 15) is 20.3 Å². The summed E-state index contributed by atoms with van der Waals surface area (Å²) in [6, 6.07) is 16.6. The minimum atomic E-state index is -0.462. The maximum atomic E-state index is 10.8. The first kappa shape index (κ1) is 26.2. The van der Waals surface area contributed by atoms with Crippen molar-refractivity contribution in [3.8, 4) is 11.5 Å². The van der Waals surface area contributed by atoms with Crippen molar-refractivity contribution in [1.29, 1.82) is 0 Å². The SMILES string of the molecule is COc1cc(NNc2ccc([N+](=O)[O-])cc2)c(OC)cc1/N=N/c1ccc(N(CCO)CCO)cc1. The van der Waals surface area contributed by atoms with Gasteiger partial charge in [0.15, 0.2) is 0 Å². The van der Waals surface area contributed by atoms with Crippen molar-refractivity contribution in [2.45, 2.75) is 0 Å². The third kappa shape index (κ3) is 6.81. The standard InChI is InChI=1S/C24H28N6O6/c1-35-23-16-22(28-26-18-5-9-20(10-6-18)30(33)34)24(36-2)15-21(23)27-25-17-3-7-19(8-4-17)29(11-13-31)12-14-32/h3-10,15-16,26,28,31-32H,11-14H2,1-2H3/b27-25+. The van der Waals surface area contributed by atoms with Crippen LogP contribution in [-0.4, -0.2) is 55.7 Å². The minimum absolute atomic E-state index is 0.00296. The Morgan fingerprint density at radius 1 is 0.889 bits per heavy atom. The summed E-state index contributed by atoms with van der Waals surface area (Å²) in [6.45, 7) is 0.796. The first-order valence-electron chi connectivity index (χ1n) is 11.0. The predicted octanol–water partition coefficient (Wildman–Crippen LogP) is 4.26. The van der Waals surface area contributed by atoms with E-state index in [2.05, 4.69) is 21.1 Å². The highest BCUT2D eigenvalue weighted by Crippen LogP contribution is 2.39. The fourth-order valence-corrected chi connectivity index (χ4v) is 3.32. The molecule has 0 aromatic heterocycles. The topological polar surface area (TPSA) is 154 Å². The van der Waals surface area contributed by atoms with Gasteiger partial charge in [0.25, 0.3) is 5.69 Å². The van der Waals surface area contributed by atoms with Gasteiger partial charge in [0, 0.05) is 43.0 Å². The van der Waals surface area contributed by atoms with Crippen LogP contribution >= 0.6 is 0 Å². The van der Waals surface area contributed by atoms with Crippen LogP contribution in [0.3, 0.4) is 0 Å². The van der Waals surface area contributed by atoms with E-state index in [1.807, 2.05) is 17.0 Å². The zero-order chi connectivity index (χ0) is 25.9. The van der Waals surface area contributed by atoms with Crippen molar-refractivity contribution in [3.63, 3.8) is 0 Å². The van der Waals surface area contributed by atoms with Crippen LogP contribution in [-0.2, 0) is 0 Å². The van der Waals surface area contributed by atoms with E-state index in [4.69, 9.17) is 9.47 Å². The van der Waals surface area contributed by atoms with E-state index in [1.54, 1.807) is 36.4 Å². The zero-order valence-electron chi connectivity index (χ0n) is 19.9. The van der Waals surface area contributed by atoms with Gasteiger partial charge in [-0.2, -0.15) is 5.11 Å². The highest BCUT2D eigenvalue weighted by molar-refractivity contribution is 5.70. The number of azo groups is 1. The smallest absolute Gasteiger partial charge is 0.269 e. The minimum Gasteiger partial charge on any atom is -0.494 e. The Kier molecular flexibility index (Phi) is 9.37. The third-order valence-corrected chi connectivity index (χ3v) is 5.15. The molecule has 0 saturated heterocycles. The molecule has 3 rings (SSSR count). The molecule has 0 bridgehead atoms. The molecule has 4 N–H and O–H groups in total. The number of ether oxygens (including phenoxy) is 2. The molecular weight excluding hydrogens is 468 g/mol. The number of hydrogen-bond donors (Lipinski definition) is 4. The summed E-state index contributed by atoms with van der Waals surface area (Å²) in [6.07, 6.45) is 0. The number of nitro groups is 1. The first-order valence-corrected chi connectivity index (χ1v) is 11.0. The number of non-ortho nitro benzene ring substituents is 1. The molecule has 3 aromatic rings. The average Bonchev–Trinajstić information content (AvgIpc) is 2.91. The Balaban J connectivity index is 1.75. The number of nitro benzene ring substituents is 1. The van der Waals surface area contributed by atoms with Crippen molar-refractivity contribution in [3.05, 3.63) is 70.8 Å². The lowest BCUT2D eigenvalue weighted by Gasteiger charge is -2.22. The Labute approximate surface area is 207 Å². The summed E-state index contributed by atoms with van der Waals surface area (Å²) in [5.74, 6) is 0.916. The van der Waals surface area contributed by atoms with Crippen molar-refractivity contribution in [2.24, 2.45) is 10.2 Å². The second-order valence-electron chi connectivity index (χ2n) is 7.43. The summed E-state index contributed by atoms with van der Waals surface area (Å²) >= 11 is 0. The lowest BCUT2D eigenvalue weighted by Crippen LogP contribution is -2.29. The molecule has 0 aliphatic heterocycles. The molecule has 36 heavy (non-hydrogen) atoms. The molecule has 0 amide bonds. The van der Waals surface area contributed by atoms with Gasteiger partial charge in [0.2, 0.25) is 0 Å². The molecule has 190 valence electrons. The molecule has 12 heteroatoms. The molecule has 0 aliphatic carbocycles. The summed E-state index contributed by atoms with van der Waals surface area (Å²) in [5.41, 5.74) is 9.05. The summed E-state index contributed by atoms with van der Waals surface area (Å²) in [4.78, 5) is 12.2. The van der Waals surface area contributed by atoms with Gasteiger partial charge in [-0.15, -0.1) is 5.11 Å². The van der Waals surface area contributed by atoms with Gasteiger partial charge in [0.05, 0.1) is 49.4 Å². The Hall–Kier alpha value is -4.42. The van der Waals surface area contributed by atoms with Crippen LogP contribution in [0.5, 0.6) is 11.5 Å². The lowest BCUT2D eigenvalue weighted by atomic mass is 10.2. The fraction of sp³-hybridized carbons (Fsp3) is 0.250. The third-order valence-electron chi connectivity index (χ3n) is 5.15. The summed E-state index contributed by atoms with van der Waals surface area (Å²) in [7, 11) is 3.03. The number of hydrogen-bond acceptors (Lipinski definition) is 11. The van der Waals surface area contributed by atoms with E-state index in [0.717, 1.165) is 5.69 Å². The normalized spacial score (nSPS) is 10.8. The lowest BCUT2D eigenvalue weighted by molar-refractivity contribution is -0.384. The van der Waals surface area contributed by atoms with Crippen molar-refractivity contribution in [2.75, 3.05) is 56.3 Å². The van der Waals surface area contributed by atoms with E-state index in [0.29, 0.717) is 47.3 Å². The molecule has 0 spiro atoms. The molecule has 12 nitrogen and oxygen atoms in total. The van der Waals surface area contributed by atoms with Crippen LogP contribution in [0.15, 0.2) is 70.9 Å². The molecule has 0 radical (unpaired) electrons. The number of methoxy groups -OCH3 is 2. The number of anilines is 3. The van der Waals surface area contributed by atoms with Crippen molar-refractivity contribution in [1.82, 2.24) is 0 Å². The van der Waals surface area contributed by atoms with E-state index in [-0.39, 0.29) is 18.9 Å². The number of nitrogens with zero attached hydrogens (tertiary/aromatic N) is 4. The quantitative estimate of drug-likeness (QED) is 0.154. The molecule has 0 fully saturated rings. The van der Waals surface area contributed by atoms with Crippen LogP contribution in [0.4, 0.5) is 34.1 Å².